The summed E-state index contributed by atoms with van der Waals surface area (Å²) in [6, 6.07) is 12.6. The van der Waals surface area contributed by atoms with Crippen LogP contribution in [0.3, 0.4) is 0 Å². The van der Waals surface area contributed by atoms with E-state index in [9.17, 15) is 4.79 Å². The van der Waals surface area contributed by atoms with E-state index in [2.05, 4.69) is 30.4 Å². The molecule has 1 N–H and O–H groups in total. The highest BCUT2D eigenvalue weighted by Crippen LogP contribution is 2.27. The molecule has 3 nitrogen and oxygen atoms in total. The second-order valence-electron chi connectivity index (χ2n) is 7.07. The van der Waals surface area contributed by atoms with E-state index in [1.54, 1.807) is 7.11 Å². The maximum absolute atomic E-state index is 12.7. The van der Waals surface area contributed by atoms with Gasteiger partial charge in [-0.25, -0.2) is 0 Å². The SMILES string of the molecule is COc1ccc2cc([C@H](C)C(=O)N[C@H]3CCCC[C@H]3C)ccc2c1. The number of ether oxygens (including phenoxy) is 1. The van der Waals surface area contributed by atoms with Crippen molar-refractivity contribution in [2.45, 2.75) is 51.5 Å². The Labute approximate surface area is 144 Å². The molecular weight excluding hydrogens is 298 g/mol. The lowest BCUT2D eigenvalue weighted by Gasteiger charge is -2.30. The largest absolute Gasteiger partial charge is 0.497 e. The van der Waals surface area contributed by atoms with E-state index < -0.39 is 0 Å². The van der Waals surface area contributed by atoms with Gasteiger partial charge >= 0.3 is 0 Å². The first-order valence-electron chi connectivity index (χ1n) is 8.96. The molecule has 1 aliphatic rings. The zero-order valence-corrected chi connectivity index (χ0v) is 14.8. The molecule has 128 valence electrons. The average molecular weight is 325 g/mol. The van der Waals surface area contributed by atoms with Gasteiger partial charge in [-0.05, 0) is 54.2 Å². The van der Waals surface area contributed by atoms with Gasteiger partial charge in [0, 0.05) is 6.04 Å². The molecule has 1 fully saturated rings. The summed E-state index contributed by atoms with van der Waals surface area (Å²) in [6.45, 7) is 4.24. The first-order valence-corrected chi connectivity index (χ1v) is 8.96. The van der Waals surface area contributed by atoms with Crippen molar-refractivity contribution in [1.29, 1.82) is 0 Å². The molecule has 0 aliphatic heterocycles. The lowest BCUT2D eigenvalue weighted by Crippen LogP contribution is -2.42. The van der Waals surface area contributed by atoms with Crippen LogP contribution in [-0.4, -0.2) is 19.1 Å². The minimum absolute atomic E-state index is 0.134. The Morgan fingerprint density at radius 3 is 2.58 bits per heavy atom. The molecule has 2 aromatic rings. The molecule has 0 radical (unpaired) electrons. The topological polar surface area (TPSA) is 38.3 Å². The van der Waals surface area contributed by atoms with Crippen LogP contribution >= 0.6 is 0 Å². The highest BCUT2D eigenvalue weighted by Gasteiger charge is 2.25. The Balaban J connectivity index is 1.74. The molecule has 3 heteroatoms. The first-order chi connectivity index (χ1) is 11.6. The van der Waals surface area contributed by atoms with E-state index in [1.807, 2.05) is 25.1 Å². The van der Waals surface area contributed by atoms with Crippen LogP contribution in [-0.2, 0) is 4.79 Å². The van der Waals surface area contributed by atoms with Gasteiger partial charge in [-0.2, -0.15) is 0 Å². The zero-order valence-electron chi connectivity index (χ0n) is 14.8. The highest BCUT2D eigenvalue weighted by atomic mass is 16.5. The molecule has 2 aromatic carbocycles. The number of benzene rings is 2. The third-order valence-electron chi connectivity index (χ3n) is 5.40. The molecular formula is C21H27NO2. The summed E-state index contributed by atoms with van der Waals surface area (Å²) in [4.78, 5) is 12.7. The number of carbonyl (C=O) groups excluding carboxylic acids is 1. The van der Waals surface area contributed by atoms with E-state index in [1.165, 1.54) is 19.3 Å². The fraction of sp³-hybridized carbons (Fsp3) is 0.476. The summed E-state index contributed by atoms with van der Waals surface area (Å²) in [7, 11) is 1.67. The predicted molar refractivity (Wildman–Crippen MR) is 98.5 cm³/mol. The van der Waals surface area contributed by atoms with Gasteiger partial charge in [-0.3, -0.25) is 4.79 Å². The van der Waals surface area contributed by atoms with Gasteiger partial charge in [0.2, 0.25) is 5.91 Å². The standard InChI is InChI=1S/C21H27NO2/c1-14-6-4-5-7-20(14)22-21(23)15(2)16-8-9-18-13-19(24-3)11-10-17(18)12-16/h8-15,20H,4-7H2,1-3H3,(H,22,23)/t14-,15+,20+/m1/s1. The van der Waals surface area contributed by atoms with E-state index in [-0.39, 0.29) is 11.8 Å². The number of methoxy groups -OCH3 is 1. The van der Waals surface area contributed by atoms with Crippen molar-refractivity contribution in [3.8, 4) is 5.75 Å². The Kier molecular flexibility index (Phi) is 5.08. The van der Waals surface area contributed by atoms with Gasteiger partial charge in [-0.1, -0.05) is 44.0 Å². The minimum Gasteiger partial charge on any atom is -0.497 e. The predicted octanol–water partition coefficient (Wildman–Crippen LogP) is 4.65. The minimum atomic E-state index is -0.134. The summed E-state index contributed by atoms with van der Waals surface area (Å²) in [5.74, 6) is 1.44. The number of rotatable bonds is 4. The summed E-state index contributed by atoms with van der Waals surface area (Å²) in [5.41, 5.74) is 1.06. The molecule has 0 aromatic heterocycles. The fourth-order valence-corrected chi connectivity index (χ4v) is 3.63. The zero-order chi connectivity index (χ0) is 17.1. The van der Waals surface area contributed by atoms with Crippen LogP contribution < -0.4 is 10.1 Å². The Morgan fingerprint density at radius 2 is 1.83 bits per heavy atom. The number of nitrogens with one attached hydrogen (secondary N) is 1. The van der Waals surface area contributed by atoms with E-state index >= 15 is 0 Å². The summed E-state index contributed by atoms with van der Waals surface area (Å²) in [6.07, 6.45) is 4.84. The van der Waals surface area contributed by atoms with Crippen molar-refractivity contribution in [3.63, 3.8) is 0 Å². The van der Waals surface area contributed by atoms with Gasteiger partial charge in [0.15, 0.2) is 0 Å². The monoisotopic (exact) mass is 325 g/mol. The van der Waals surface area contributed by atoms with Crippen molar-refractivity contribution in [2.24, 2.45) is 5.92 Å². The molecule has 0 spiro atoms. The number of carbonyl (C=O) groups is 1. The molecule has 0 unspecified atom stereocenters. The van der Waals surface area contributed by atoms with E-state index in [0.717, 1.165) is 28.5 Å². The van der Waals surface area contributed by atoms with Crippen LogP contribution in [0.15, 0.2) is 36.4 Å². The van der Waals surface area contributed by atoms with Crippen LogP contribution in [0.2, 0.25) is 0 Å². The van der Waals surface area contributed by atoms with Gasteiger partial charge in [0.1, 0.15) is 5.75 Å². The van der Waals surface area contributed by atoms with Crippen molar-refractivity contribution >= 4 is 16.7 Å². The number of fused-ring (bicyclic) bond motifs is 1. The Hall–Kier alpha value is -2.03. The lowest BCUT2D eigenvalue weighted by molar-refractivity contribution is -0.123. The second-order valence-corrected chi connectivity index (χ2v) is 7.07. The van der Waals surface area contributed by atoms with Crippen LogP contribution in [0.5, 0.6) is 5.75 Å². The average Bonchev–Trinajstić information content (AvgIpc) is 2.62. The van der Waals surface area contributed by atoms with Crippen molar-refractivity contribution < 1.29 is 9.53 Å². The van der Waals surface area contributed by atoms with E-state index in [0.29, 0.717) is 12.0 Å². The van der Waals surface area contributed by atoms with Gasteiger partial charge in [-0.15, -0.1) is 0 Å². The van der Waals surface area contributed by atoms with Gasteiger partial charge in [0.05, 0.1) is 13.0 Å². The van der Waals surface area contributed by atoms with Crippen molar-refractivity contribution in [3.05, 3.63) is 42.0 Å². The van der Waals surface area contributed by atoms with Crippen LogP contribution in [0.4, 0.5) is 0 Å². The van der Waals surface area contributed by atoms with Crippen LogP contribution in [0.1, 0.15) is 51.0 Å². The molecule has 24 heavy (non-hydrogen) atoms. The lowest BCUT2D eigenvalue weighted by atomic mass is 9.85. The molecule has 3 atom stereocenters. The number of hydrogen-bond donors (Lipinski definition) is 1. The Bertz CT molecular complexity index is 725. The maximum atomic E-state index is 12.7. The van der Waals surface area contributed by atoms with Crippen LogP contribution in [0, 0.1) is 5.92 Å². The quantitative estimate of drug-likeness (QED) is 0.889. The normalized spacial score (nSPS) is 22.1. The first kappa shape index (κ1) is 16.8. The fourth-order valence-electron chi connectivity index (χ4n) is 3.63. The molecule has 0 saturated heterocycles. The summed E-state index contributed by atoms with van der Waals surface area (Å²) >= 11 is 0. The molecule has 1 aliphatic carbocycles. The molecule has 0 heterocycles. The van der Waals surface area contributed by atoms with Gasteiger partial charge < -0.3 is 10.1 Å². The third-order valence-corrected chi connectivity index (χ3v) is 5.40. The molecule has 1 saturated carbocycles. The Morgan fingerprint density at radius 1 is 1.12 bits per heavy atom. The van der Waals surface area contributed by atoms with Crippen LogP contribution in [0.25, 0.3) is 10.8 Å². The second kappa shape index (κ2) is 7.25. The van der Waals surface area contributed by atoms with Gasteiger partial charge in [0.25, 0.3) is 0 Å². The highest BCUT2D eigenvalue weighted by molar-refractivity contribution is 5.88. The molecule has 3 rings (SSSR count). The summed E-state index contributed by atoms with van der Waals surface area (Å²) in [5, 5.41) is 5.54. The maximum Gasteiger partial charge on any atom is 0.227 e. The number of amides is 1. The number of hydrogen-bond acceptors (Lipinski definition) is 2. The third kappa shape index (κ3) is 3.55. The smallest absolute Gasteiger partial charge is 0.227 e. The summed E-state index contributed by atoms with van der Waals surface area (Å²) < 4.78 is 5.27. The van der Waals surface area contributed by atoms with Crippen molar-refractivity contribution in [2.75, 3.05) is 7.11 Å². The molecule has 1 amide bonds. The van der Waals surface area contributed by atoms with E-state index in [4.69, 9.17) is 4.74 Å². The molecule has 0 bridgehead atoms. The van der Waals surface area contributed by atoms with Crippen molar-refractivity contribution in [1.82, 2.24) is 5.32 Å².